The highest BCUT2D eigenvalue weighted by Crippen LogP contribution is 2.28. The second-order valence-electron chi connectivity index (χ2n) is 5.47. The minimum atomic E-state index is -1.00. The molecule has 2 rings (SSSR count). The van der Waals surface area contributed by atoms with Crippen molar-refractivity contribution >= 4 is 40.8 Å². The number of ether oxygens (including phenoxy) is 2. The molecule has 1 atom stereocenters. The predicted octanol–water partition coefficient (Wildman–Crippen LogP) is 4.39. The van der Waals surface area contributed by atoms with E-state index >= 15 is 0 Å². The smallest absolute Gasteiger partial charge is 0.347 e. The highest BCUT2D eigenvalue weighted by Gasteiger charge is 2.19. The van der Waals surface area contributed by atoms with Crippen LogP contribution in [0.5, 0.6) is 5.75 Å². The van der Waals surface area contributed by atoms with Gasteiger partial charge in [-0.05, 0) is 49.7 Å². The fraction of sp³-hybridized carbons (Fsp3) is 0.222. The lowest BCUT2D eigenvalue weighted by Crippen LogP contribution is -2.30. The number of esters is 1. The molecule has 0 saturated heterocycles. The van der Waals surface area contributed by atoms with Crippen LogP contribution in [0.4, 0.5) is 10.1 Å². The van der Waals surface area contributed by atoms with Crippen molar-refractivity contribution in [3.63, 3.8) is 0 Å². The quantitative estimate of drug-likeness (QED) is 0.731. The van der Waals surface area contributed by atoms with E-state index in [1.54, 1.807) is 19.1 Å². The van der Waals surface area contributed by atoms with E-state index in [0.29, 0.717) is 5.02 Å². The van der Waals surface area contributed by atoms with Crippen LogP contribution < -0.4 is 10.1 Å². The number of rotatable bonds is 6. The van der Waals surface area contributed by atoms with Gasteiger partial charge in [0.25, 0.3) is 5.91 Å². The Balaban J connectivity index is 1.85. The minimum absolute atomic E-state index is 0.00823. The molecule has 0 bridgehead atoms. The van der Waals surface area contributed by atoms with Crippen LogP contribution in [0.1, 0.15) is 12.5 Å². The Kier molecular flexibility index (Phi) is 6.83. The van der Waals surface area contributed by atoms with Gasteiger partial charge in [-0.25, -0.2) is 9.18 Å². The molecule has 0 aliphatic heterocycles. The summed E-state index contributed by atoms with van der Waals surface area (Å²) in [5.74, 6) is -1.75. The molecule has 138 valence electrons. The van der Waals surface area contributed by atoms with Crippen molar-refractivity contribution in [2.75, 3.05) is 11.9 Å². The zero-order valence-electron chi connectivity index (χ0n) is 14.0. The molecule has 5 nitrogen and oxygen atoms in total. The first-order chi connectivity index (χ1) is 12.3. The lowest BCUT2D eigenvalue weighted by atomic mass is 10.2. The van der Waals surface area contributed by atoms with Crippen LogP contribution in [0.15, 0.2) is 36.4 Å². The summed E-state index contributed by atoms with van der Waals surface area (Å²) in [4.78, 5) is 23.7. The van der Waals surface area contributed by atoms with Gasteiger partial charge in [0.15, 0.2) is 12.7 Å². The van der Waals surface area contributed by atoms with E-state index in [2.05, 4.69) is 5.32 Å². The number of carbonyl (C=O) groups excluding carboxylic acids is 2. The van der Waals surface area contributed by atoms with Crippen LogP contribution in [0.25, 0.3) is 0 Å². The molecule has 0 unspecified atom stereocenters. The van der Waals surface area contributed by atoms with Crippen molar-refractivity contribution in [2.24, 2.45) is 0 Å². The molecule has 0 spiro atoms. The highest BCUT2D eigenvalue weighted by atomic mass is 35.5. The number of anilines is 1. The van der Waals surface area contributed by atoms with Crippen molar-refractivity contribution in [1.82, 2.24) is 0 Å². The second-order valence-corrected chi connectivity index (χ2v) is 6.32. The molecule has 0 aliphatic rings. The lowest BCUT2D eigenvalue weighted by molar-refractivity contribution is -0.153. The second kappa shape index (κ2) is 8.87. The number of amides is 1. The number of hydrogen-bond acceptors (Lipinski definition) is 4. The zero-order chi connectivity index (χ0) is 19.3. The van der Waals surface area contributed by atoms with Crippen molar-refractivity contribution in [1.29, 1.82) is 0 Å². The number of halogens is 3. The topological polar surface area (TPSA) is 64.6 Å². The Bertz CT molecular complexity index is 829. The first-order valence-corrected chi connectivity index (χ1v) is 8.36. The summed E-state index contributed by atoms with van der Waals surface area (Å²) in [6.07, 6.45) is -1.00. The monoisotopic (exact) mass is 399 g/mol. The van der Waals surface area contributed by atoms with Gasteiger partial charge in [-0.3, -0.25) is 4.79 Å². The fourth-order valence-corrected chi connectivity index (χ4v) is 2.42. The number of carbonyl (C=O) groups is 2. The number of nitrogens with one attached hydrogen (secondary N) is 1. The summed E-state index contributed by atoms with van der Waals surface area (Å²) in [6, 6.07) is 8.91. The summed E-state index contributed by atoms with van der Waals surface area (Å²) in [5.41, 5.74) is 0.729. The molecular formula is C18H16Cl2FNO4. The van der Waals surface area contributed by atoms with Crippen LogP contribution in [-0.2, 0) is 14.3 Å². The van der Waals surface area contributed by atoms with Crippen LogP contribution in [0.2, 0.25) is 10.0 Å². The maximum absolute atomic E-state index is 13.7. The standard InChI is InChI=1S/C18H16Cl2FNO4/c1-10-3-5-15(14(21)7-10)22-17(23)9-25-18(24)11(2)26-16-6-4-12(19)8-13(16)20/h3-8,11H,9H2,1-2H3,(H,22,23)/t11-/m1/s1. The van der Waals surface area contributed by atoms with E-state index in [9.17, 15) is 14.0 Å². The fourth-order valence-electron chi connectivity index (χ4n) is 1.97. The first kappa shape index (κ1) is 20.0. The zero-order valence-corrected chi connectivity index (χ0v) is 15.5. The molecule has 0 heterocycles. The number of hydrogen-bond donors (Lipinski definition) is 1. The largest absolute Gasteiger partial charge is 0.477 e. The summed E-state index contributed by atoms with van der Waals surface area (Å²) in [5, 5.41) is 3.00. The maximum atomic E-state index is 13.7. The van der Waals surface area contributed by atoms with Gasteiger partial charge in [0.2, 0.25) is 0 Å². The van der Waals surface area contributed by atoms with Crippen LogP contribution in [0.3, 0.4) is 0 Å². The molecule has 1 amide bonds. The molecule has 26 heavy (non-hydrogen) atoms. The Morgan fingerprint density at radius 2 is 1.92 bits per heavy atom. The Labute approximate surface area is 160 Å². The molecule has 0 fully saturated rings. The molecule has 0 radical (unpaired) electrons. The molecule has 2 aromatic carbocycles. The van der Waals surface area contributed by atoms with E-state index in [1.165, 1.54) is 31.2 Å². The van der Waals surface area contributed by atoms with E-state index in [4.69, 9.17) is 32.7 Å². The molecule has 0 saturated carbocycles. The van der Waals surface area contributed by atoms with Crippen molar-refractivity contribution in [3.05, 3.63) is 57.8 Å². The summed E-state index contributed by atoms with van der Waals surface area (Å²) in [6.45, 7) is 2.60. The Morgan fingerprint density at radius 3 is 2.58 bits per heavy atom. The van der Waals surface area contributed by atoms with E-state index in [0.717, 1.165) is 5.56 Å². The van der Waals surface area contributed by atoms with Gasteiger partial charge in [-0.2, -0.15) is 0 Å². The average molecular weight is 400 g/mol. The van der Waals surface area contributed by atoms with Gasteiger partial charge in [0, 0.05) is 5.02 Å². The Hall–Kier alpha value is -2.31. The van der Waals surface area contributed by atoms with Crippen LogP contribution in [0, 0.1) is 12.7 Å². The molecule has 8 heteroatoms. The number of aryl methyl sites for hydroxylation is 1. The van der Waals surface area contributed by atoms with Gasteiger partial charge < -0.3 is 14.8 Å². The van der Waals surface area contributed by atoms with Crippen LogP contribution >= 0.6 is 23.2 Å². The highest BCUT2D eigenvalue weighted by molar-refractivity contribution is 6.35. The molecule has 0 aromatic heterocycles. The van der Waals surface area contributed by atoms with E-state index in [-0.39, 0.29) is 16.5 Å². The van der Waals surface area contributed by atoms with Crippen molar-refractivity contribution in [3.8, 4) is 5.75 Å². The van der Waals surface area contributed by atoms with Gasteiger partial charge in [-0.1, -0.05) is 29.3 Å². The van der Waals surface area contributed by atoms with Gasteiger partial charge >= 0.3 is 5.97 Å². The molecular weight excluding hydrogens is 384 g/mol. The van der Waals surface area contributed by atoms with Crippen LogP contribution in [-0.4, -0.2) is 24.6 Å². The average Bonchev–Trinajstić information content (AvgIpc) is 2.57. The third-order valence-electron chi connectivity index (χ3n) is 3.27. The Morgan fingerprint density at radius 1 is 1.19 bits per heavy atom. The van der Waals surface area contributed by atoms with Gasteiger partial charge in [-0.15, -0.1) is 0 Å². The van der Waals surface area contributed by atoms with Gasteiger partial charge in [0.05, 0.1) is 10.7 Å². The third-order valence-corrected chi connectivity index (χ3v) is 3.80. The normalized spacial score (nSPS) is 11.6. The van der Waals surface area contributed by atoms with E-state index < -0.39 is 30.4 Å². The first-order valence-electron chi connectivity index (χ1n) is 7.60. The van der Waals surface area contributed by atoms with Crippen molar-refractivity contribution in [2.45, 2.75) is 20.0 Å². The lowest BCUT2D eigenvalue weighted by Gasteiger charge is -2.15. The van der Waals surface area contributed by atoms with Gasteiger partial charge in [0.1, 0.15) is 11.6 Å². The van der Waals surface area contributed by atoms with E-state index in [1.807, 2.05) is 0 Å². The summed E-state index contributed by atoms with van der Waals surface area (Å²) in [7, 11) is 0. The summed E-state index contributed by atoms with van der Waals surface area (Å²) < 4.78 is 23.9. The maximum Gasteiger partial charge on any atom is 0.347 e. The number of benzene rings is 2. The third kappa shape index (κ3) is 5.61. The molecule has 0 aliphatic carbocycles. The predicted molar refractivity (Wildman–Crippen MR) is 97.3 cm³/mol. The summed E-state index contributed by atoms with van der Waals surface area (Å²) >= 11 is 11.7. The minimum Gasteiger partial charge on any atom is -0.477 e. The molecule has 1 N–H and O–H groups in total. The SMILES string of the molecule is Cc1ccc(NC(=O)COC(=O)[C@@H](C)Oc2ccc(Cl)cc2Cl)c(F)c1. The van der Waals surface area contributed by atoms with Crippen molar-refractivity contribution < 1.29 is 23.5 Å². The molecule has 2 aromatic rings.